The first kappa shape index (κ1) is 41.0. The van der Waals surface area contributed by atoms with E-state index in [-0.39, 0.29) is 35.7 Å². The van der Waals surface area contributed by atoms with Gasteiger partial charge >= 0.3 is 36.2 Å². The minimum Gasteiger partial charge on any atom is -0.475 e. The van der Waals surface area contributed by atoms with Gasteiger partial charge in [0.15, 0.2) is 11.9 Å². The third-order valence-corrected chi connectivity index (χ3v) is 6.43. The highest BCUT2D eigenvalue weighted by Crippen LogP contribution is 2.18. The monoisotopic (exact) mass is 666 g/mol. The number of hydrogen-bond donors (Lipinski definition) is 6. The minimum atomic E-state index is -5.08. The van der Waals surface area contributed by atoms with Gasteiger partial charge in [-0.05, 0) is 38.5 Å². The van der Waals surface area contributed by atoms with Crippen LogP contribution >= 0.6 is 0 Å². The van der Waals surface area contributed by atoms with Crippen molar-refractivity contribution in [3.8, 4) is 0 Å². The second-order valence-corrected chi connectivity index (χ2v) is 10.2. The summed E-state index contributed by atoms with van der Waals surface area (Å²) >= 11 is 0. The number of piperidine rings is 2. The van der Waals surface area contributed by atoms with Crippen molar-refractivity contribution < 1.29 is 65.2 Å². The molecule has 45 heavy (non-hydrogen) atoms. The molecule has 2 unspecified atom stereocenters. The Labute approximate surface area is 255 Å². The summed E-state index contributed by atoms with van der Waals surface area (Å²) in [6.07, 6.45) is -3.46. The fraction of sp³-hybridized carbons (Fsp3) is 0.760. The number of carbonyl (C=O) groups excluding carboxylic acids is 2. The molecule has 0 aromatic rings. The first-order chi connectivity index (χ1) is 20.7. The maximum absolute atomic E-state index is 11.9. The number of rotatable bonds is 10. The first-order valence-corrected chi connectivity index (χ1v) is 13.8. The summed E-state index contributed by atoms with van der Waals surface area (Å²) in [7, 11) is 0. The number of carbonyl (C=O) groups is 4. The zero-order valence-electron chi connectivity index (χ0n) is 24.4. The summed E-state index contributed by atoms with van der Waals surface area (Å²) in [6, 6.07) is 0. The van der Waals surface area contributed by atoms with Gasteiger partial charge in [0.25, 0.3) is 0 Å². The number of halogens is 6. The number of nitrogens with two attached hydrogens (primary N) is 2. The van der Waals surface area contributed by atoms with E-state index in [4.69, 9.17) is 51.6 Å². The number of hydrogen-bond acceptors (Lipinski definition) is 8. The number of nitrogens with one attached hydrogen (secondary N) is 2. The number of esters is 2. The molecule has 0 aromatic heterocycles. The number of ether oxygens (including phenoxy) is 2. The van der Waals surface area contributed by atoms with Gasteiger partial charge in [0.1, 0.15) is 0 Å². The van der Waals surface area contributed by atoms with Crippen LogP contribution in [0.2, 0.25) is 0 Å². The van der Waals surface area contributed by atoms with Gasteiger partial charge in [-0.3, -0.25) is 20.4 Å². The van der Waals surface area contributed by atoms with E-state index >= 15 is 0 Å². The second-order valence-electron chi connectivity index (χ2n) is 10.2. The van der Waals surface area contributed by atoms with Crippen LogP contribution in [0, 0.1) is 22.7 Å². The molecule has 2 saturated heterocycles. The molecule has 8 N–H and O–H groups in total. The van der Waals surface area contributed by atoms with Crippen LogP contribution in [0.4, 0.5) is 26.3 Å². The van der Waals surface area contributed by atoms with Crippen molar-refractivity contribution in [2.45, 2.75) is 70.1 Å². The lowest BCUT2D eigenvalue weighted by Gasteiger charge is -2.32. The number of carboxylic acid groups (broad SMARTS) is 2. The molecule has 0 amide bonds. The summed E-state index contributed by atoms with van der Waals surface area (Å²) < 4.78 is 74.2. The average Bonchev–Trinajstić information content (AvgIpc) is 2.94. The van der Waals surface area contributed by atoms with Gasteiger partial charge in [-0.1, -0.05) is 6.42 Å². The summed E-state index contributed by atoms with van der Waals surface area (Å²) in [5.41, 5.74) is 11.1. The van der Waals surface area contributed by atoms with Crippen LogP contribution in [-0.4, -0.2) is 108 Å². The largest absolute Gasteiger partial charge is 0.490 e. The summed E-state index contributed by atoms with van der Waals surface area (Å²) in [6.45, 7) is 3.66. The molecule has 0 aromatic carbocycles. The number of alkyl halides is 6. The van der Waals surface area contributed by atoms with Gasteiger partial charge in [-0.2, -0.15) is 26.3 Å². The van der Waals surface area contributed by atoms with Gasteiger partial charge in [0.2, 0.25) is 0 Å². The van der Waals surface area contributed by atoms with Crippen molar-refractivity contribution in [1.82, 2.24) is 9.80 Å². The lowest BCUT2D eigenvalue weighted by molar-refractivity contribution is -0.193. The highest BCUT2D eigenvalue weighted by Gasteiger charge is 2.39. The standard InChI is InChI=1S/C21H38N6O4.2C2HF3O2/c22-20(23)26-10-4-6-16(12-26)14-30-18(28)8-2-1-3-9-19(29)31-15-17-7-5-11-27(13-17)21(24)25;2*3-2(4,5)1(6)7/h16-17H,1-15H2,(H3,22,23)(H3,24,25);2*(H,6,7). The van der Waals surface area contributed by atoms with E-state index in [1.807, 2.05) is 9.80 Å². The van der Waals surface area contributed by atoms with Crippen molar-refractivity contribution in [3.63, 3.8) is 0 Å². The van der Waals surface area contributed by atoms with E-state index in [0.717, 1.165) is 45.2 Å². The molecule has 0 saturated carbocycles. The zero-order valence-corrected chi connectivity index (χ0v) is 24.4. The topological polar surface area (TPSA) is 233 Å². The van der Waals surface area contributed by atoms with Crippen molar-refractivity contribution >= 4 is 35.8 Å². The van der Waals surface area contributed by atoms with Crippen molar-refractivity contribution in [1.29, 1.82) is 10.8 Å². The van der Waals surface area contributed by atoms with E-state index in [0.29, 0.717) is 52.0 Å². The van der Waals surface area contributed by atoms with Crippen molar-refractivity contribution in [2.24, 2.45) is 23.3 Å². The smallest absolute Gasteiger partial charge is 0.475 e. The lowest BCUT2D eigenvalue weighted by atomic mass is 9.99. The van der Waals surface area contributed by atoms with Gasteiger partial charge in [0.05, 0.1) is 13.2 Å². The first-order valence-electron chi connectivity index (χ1n) is 13.8. The van der Waals surface area contributed by atoms with Crippen LogP contribution in [0.15, 0.2) is 0 Å². The van der Waals surface area contributed by atoms with E-state index in [9.17, 15) is 35.9 Å². The Morgan fingerprint density at radius 3 is 1.27 bits per heavy atom. The van der Waals surface area contributed by atoms with Crippen molar-refractivity contribution in [3.05, 3.63) is 0 Å². The van der Waals surface area contributed by atoms with Gasteiger partial charge in [-0.15, -0.1) is 0 Å². The molecule has 0 bridgehead atoms. The lowest BCUT2D eigenvalue weighted by Crippen LogP contribution is -2.44. The second kappa shape index (κ2) is 20.1. The predicted molar refractivity (Wildman–Crippen MR) is 145 cm³/mol. The van der Waals surface area contributed by atoms with Crippen LogP contribution in [0.1, 0.15) is 57.8 Å². The summed E-state index contributed by atoms with van der Waals surface area (Å²) in [5.74, 6) is -5.34. The molecule has 2 aliphatic rings. The number of carboxylic acids is 2. The normalized spacial score (nSPS) is 18.3. The number of aliphatic carboxylic acids is 2. The fourth-order valence-corrected chi connectivity index (χ4v) is 4.12. The molecule has 0 spiro atoms. The molecule has 2 atom stereocenters. The van der Waals surface area contributed by atoms with Crippen LogP contribution in [0.25, 0.3) is 0 Å². The fourth-order valence-electron chi connectivity index (χ4n) is 4.12. The third-order valence-electron chi connectivity index (χ3n) is 6.43. The van der Waals surface area contributed by atoms with E-state index in [2.05, 4.69) is 0 Å². The van der Waals surface area contributed by atoms with Crippen LogP contribution in [0.3, 0.4) is 0 Å². The predicted octanol–water partition coefficient (Wildman–Crippen LogP) is 2.50. The van der Waals surface area contributed by atoms with Crippen LogP contribution < -0.4 is 11.5 Å². The maximum atomic E-state index is 11.9. The molecule has 2 heterocycles. The quantitative estimate of drug-likeness (QED) is 0.0649. The highest BCUT2D eigenvalue weighted by atomic mass is 19.4. The third kappa shape index (κ3) is 19.8. The molecular formula is C25H40F6N6O8. The molecule has 260 valence electrons. The minimum absolute atomic E-state index is 0.0753. The summed E-state index contributed by atoms with van der Waals surface area (Å²) in [4.78, 5) is 45.3. The average molecular weight is 667 g/mol. The summed E-state index contributed by atoms with van der Waals surface area (Å²) in [5, 5.41) is 29.3. The number of likely N-dealkylation sites (tertiary alicyclic amines) is 2. The molecule has 0 aliphatic carbocycles. The van der Waals surface area contributed by atoms with Gasteiger partial charge < -0.3 is 41.0 Å². The van der Waals surface area contributed by atoms with Crippen LogP contribution in [0.5, 0.6) is 0 Å². The van der Waals surface area contributed by atoms with E-state index in [1.165, 1.54) is 0 Å². The Morgan fingerprint density at radius 1 is 0.689 bits per heavy atom. The molecule has 20 heteroatoms. The molecule has 14 nitrogen and oxygen atoms in total. The molecule has 2 aliphatic heterocycles. The van der Waals surface area contributed by atoms with Gasteiger partial charge in [-0.25, -0.2) is 9.59 Å². The Morgan fingerprint density at radius 2 is 1.00 bits per heavy atom. The molecule has 2 fully saturated rings. The number of nitrogens with zero attached hydrogens (tertiary/aromatic N) is 2. The number of unbranched alkanes of at least 4 members (excludes halogenated alkanes) is 2. The highest BCUT2D eigenvalue weighted by molar-refractivity contribution is 5.75. The molecule has 2 rings (SSSR count). The Kier molecular flexibility index (Phi) is 18.3. The maximum Gasteiger partial charge on any atom is 0.490 e. The Balaban J connectivity index is 0.00000114. The Bertz CT molecular complexity index is 922. The van der Waals surface area contributed by atoms with Crippen LogP contribution in [-0.2, 0) is 28.7 Å². The SMILES string of the molecule is N=C(N)N1CCCC(COC(=O)CCCCCC(=O)OCC2CCCN(C(=N)N)C2)C1.O=C(O)C(F)(F)F.O=C(O)C(F)(F)F. The Hall–Kier alpha value is -4.00. The molecule has 0 radical (unpaired) electrons. The van der Waals surface area contributed by atoms with Crippen molar-refractivity contribution in [2.75, 3.05) is 39.4 Å². The van der Waals surface area contributed by atoms with E-state index in [1.54, 1.807) is 0 Å². The van der Waals surface area contributed by atoms with Gasteiger partial charge in [0, 0.05) is 50.9 Å². The zero-order chi connectivity index (χ0) is 34.8. The molecular weight excluding hydrogens is 626 g/mol. The van der Waals surface area contributed by atoms with E-state index < -0.39 is 24.3 Å². The number of guanidine groups is 2.